The highest BCUT2D eigenvalue weighted by Crippen LogP contribution is 2.58. The molecule has 1 unspecified atom stereocenters. The van der Waals surface area contributed by atoms with E-state index < -0.39 is 31.4 Å². The summed E-state index contributed by atoms with van der Waals surface area (Å²) in [6.07, 6.45) is 1.47. The van der Waals surface area contributed by atoms with E-state index in [1.165, 1.54) is 36.5 Å². The van der Waals surface area contributed by atoms with E-state index in [2.05, 4.69) is 11.7 Å². The predicted molar refractivity (Wildman–Crippen MR) is 144 cm³/mol. The normalized spacial score (nSPS) is 14.8. The molecular weight excluding hydrogens is 516 g/mol. The molecule has 37 heavy (non-hydrogen) atoms. The highest BCUT2D eigenvalue weighted by atomic mass is 32.1. The molecule has 3 aromatic rings. The van der Waals surface area contributed by atoms with Crippen LogP contribution in [0.2, 0.25) is 0 Å². The van der Waals surface area contributed by atoms with Crippen LogP contribution in [-0.4, -0.2) is 31.2 Å². The molecule has 0 aliphatic heterocycles. The van der Waals surface area contributed by atoms with Crippen molar-refractivity contribution in [1.82, 2.24) is 5.09 Å². The van der Waals surface area contributed by atoms with Crippen LogP contribution in [0.15, 0.2) is 67.3 Å². The van der Waals surface area contributed by atoms with Gasteiger partial charge in [-0.05, 0) is 53.6 Å². The van der Waals surface area contributed by atoms with Crippen molar-refractivity contribution >= 4 is 40.9 Å². The molecule has 1 aromatic heterocycles. The van der Waals surface area contributed by atoms with Crippen LogP contribution in [0.25, 0.3) is 10.1 Å². The van der Waals surface area contributed by atoms with Crippen LogP contribution in [-0.2, 0) is 18.8 Å². The molecule has 0 amide bonds. The molecule has 0 radical (unpaired) electrons. The van der Waals surface area contributed by atoms with Crippen molar-refractivity contribution in [3.8, 4) is 5.75 Å². The fourth-order valence-corrected chi connectivity index (χ4v) is 6.07. The molecule has 7 nitrogen and oxygen atoms in total. The van der Waals surface area contributed by atoms with E-state index in [1.807, 2.05) is 20.8 Å². The minimum atomic E-state index is -4.35. The second kappa shape index (κ2) is 12.0. The van der Waals surface area contributed by atoms with Gasteiger partial charge in [0.25, 0.3) is 0 Å². The van der Waals surface area contributed by atoms with E-state index in [9.17, 15) is 14.2 Å². The van der Waals surface area contributed by atoms with Gasteiger partial charge in [0.15, 0.2) is 0 Å². The van der Waals surface area contributed by atoms with Gasteiger partial charge in [0.1, 0.15) is 23.3 Å². The molecule has 0 saturated heterocycles. The number of nitrogens with one attached hydrogen (secondary N) is 1. The predicted octanol–water partition coefficient (Wildman–Crippen LogP) is 7.05. The first kappa shape index (κ1) is 28.6. The van der Waals surface area contributed by atoms with E-state index in [4.69, 9.17) is 14.0 Å². The van der Waals surface area contributed by atoms with E-state index in [1.54, 1.807) is 42.5 Å². The van der Waals surface area contributed by atoms with Gasteiger partial charge in [-0.15, -0.1) is 11.3 Å². The fraction of sp³-hybridized carbons (Fsp3) is 0.333. The van der Waals surface area contributed by atoms with Crippen LogP contribution < -0.4 is 9.61 Å². The smallest absolute Gasteiger partial charge is 0.355 e. The van der Waals surface area contributed by atoms with Gasteiger partial charge in [0.2, 0.25) is 5.91 Å². The minimum Gasteiger partial charge on any atom is -0.464 e. The summed E-state index contributed by atoms with van der Waals surface area (Å²) in [5.41, 5.74) is -0.201. The summed E-state index contributed by atoms with van der Waals surface area (Å²) in [4.78, 5) is 25.1. The van der Waals surface area contributed by atoms with Crippen molar-refractivity contribution in [3.63, 3.8) is 0 Å². The molecule has 0 aliphatic carbocycles. The average molecular weight is 548 g/mol. The molecule has 0 saturated carbocycles. The number of fused-ring (bicyclic) bond motifs is 1. The molecule has 1 heterocycles. The first-order valence-corrected chi connectivity index (χ1v) is 14.2. The van der Waals surface area contributed by atoms with Gasteiger partial charge in [0.05, 0.1) is 6.61 Å². The highest BCUT2D eigenvalue weighted by Gasteiger charge is 2.41. The van der Waals surface area contributed by atoms with Crippen molar-refractivity contribution in [2.75, 3.05) is 13.2 Å². The van der Waals surface area contributed by atoms with Gasteiger partial charge in [-0.25, -0.2) is 14.3 Å². The Morgan fingerprint density at radius 1 is 1.14 bits per heavy atom. The zero-order valence-electron chi connectivity index (χ0n) is 21.2. The van der Waals surface area contributed by atoms with Gasteiger partial charge in [-0.2, -0.15) is 0 Å². The first-order valence-electron chi connectivity index (χ1n) is 11.7. The Morgan fingerprint density at radius 3 is 2.49 bits per heavy atom. The van der Waals surface area contributed by atoms with Gasteiger partial charge < -0.3 is 14.0 Å². The van der Waals surface area contributed by atoms with Crippen molar-refractivity contribution in [3.05, 3.63) is 77.7 Å². The molecule has 1 N–H and O–H groups in total. The molecule has 2 aromatic carbocycles. The van der Waals surface area contributed by atoms with Crippen LogP contribution in [0, 0.1) is 5.41 Å². The Kier molecular flexibility index (Phi) is 9.29. The summed E-state index contributed by atoms with van der Waals surface area (Å²) < 4.78 is 46.8. The molecule has 10 heteroatoms. The van der Waals surface area contributed by atoms with Crippen molar-refractivity contribution in [2.24, 2.45) is 5.41 Å². The molecule has 3 rings (SSSR count). The van der Waals surface area contributed by atoms with Crippen LogP contribution in [0.5, 0.6) is 5.75 Å². The van der Waals surface area contributed by atoms with Crippen molar-refractivity contribution < 1.29 is 32.5 Å². The number of esters is 2. The first-order chi connectivity index (χ1) is 17.4. The second-order valence-corrected chi connectivity index (χ2v) is 12.8. The van der Waals surface area contributed by atoms with Crippen LogP contribution in [0.1, 0.15) is 48.8 Å². The maximum absolute atomic E-state index is 16.0. The summed E-state index contributed by atoms with van der Waals surface area (Å²) >= 11 is 1.20. The Labute approximate surface area is 220 Å². The third-order valence-corrected chi connectivity index (χ3v) is 8.23. The fourth-order valence-electron chi connectivity index (χ4n) is 3.22. The number of hydrogen-bond acceptors (Lipinski definition) is 7. The lowest BCUT2D eigenvalue weighted by atomic mass is 9.99. The van der Waals surface area contributed by atoms with Gasteiger partial charge in [-0.3, -0.25) is 9.36 Å². The van der Waals surface area contributed by atoms with Gasteiger partial charge >= 0.3 is 19.5 Å². The molecule has 0 bridgehead atoms. The van der Waals surface area contributed by atoms with Gasteiger partial charge in [-0.1, -0.05) is 57.7 Å². The SMILES string of the molecule is C=CCOC(=O)c1cc2cc([C@H](F)P(=O)(N[C@@H](C)C(=O)OCC(C)(C)C)Oc3ccccc3)ccc2s1. The third-order valence-electron chi connectivity index (χ3n) is 5.01. The number of carbonyl (C=O) groups is 2. The Balaban J connectivity index is 1.89. The van der Waals surface area contributed by atoms with E-state index in [0.29, 0.717) is 10.3 Å². The quantitative estimate of drug-likeness (QED) is 0.156. The monoisotopic (exact) mass is 547 g/mol. The van der Waals surface area contributed by atoms with E-state index >= 15 is 4.39 Å². The lowest BCUT2D eigenvalue weighted by Gasteiger charge is -2.27. The number of hydrogen-bond donors (Lipinski definition) is 1. The maximum atomic E-state index is 16.0. The molecule has 198 valence electrons. The molecule has 0 aliphatic rings. The molecule has 3 atom stereocenters. The largest absolute Gasteiger partial charge is 0.464 e. The standard InChI is InChI=1S/C27H31FNO6PS/c1-6-14-33-26(31)23-16-20-15-19(12-13-22(20)37-23)24(28)36(32,35-21-10-8-7-9-11-21)29-18(2)25(30)34-17-27(3,4)5/h6-13,15-16,18,24H,1,14,17H2,2-5H3,(H,29,32)/t18-,24+,36?/m0/s1. The zero-order valence-corrected chi connectivity index (χ0v) is 22.9. The number of rotatable bonds is 11. The van der Waals surface area contributed by atoms with Crippen molar-refractivity contribution in [2.45, 2.75) is 39.6 Å². The summed E-state index contributed by atoms with van der Waals surface area (Å²) in [6.45, 7) is 10.9. The number of thiophene rings is 1. The topological polar surface area (TPSA) is 90.9 Å². The summed E-state index contributed by atoms with van der Waals surface area (Å²) in [6, 6.07) is 13.3. The molecular formula is C27H31FNO6PS. The van der Waals surface area contributed by atoms with Crippen LogP contribution in [0.3, 0.4) is 0 Å². The number of alkyl halides is 1. The number of halogens is 1. The lowest BCUT2D eigenvalue weighted by molar-refractivity contribution is -0.148. The van der Waals surface area contributed by atoms with E-state index in [-0.39, 0.29) is 29.9 Å². The Morgan fingerprint density at radius 2 is 1.84 bits per heavy atom. The highest BCUT2D eigenvalue weighted by molar-refractivity contribution is 7.57. The van der Waals surface area contributed by atoms with Crippen LogP contribution in [0.4, 0.5) is 4.39 Å². The van der Waals surface area contributed by atoms with Crippen molar-refractivity contribution in [1.29, 1.82) is 0 Å². The number of ether oxygens (including phenoxy) is 2. The summed E-state index contributed by atoms with van der Waals surface area (Å²) in [7, 11) is -4.35. The lowest BCUT2D eigenvalue weighted by Crippen LogP contribution is -2.36. The average Bonchev–Trinajstić information content (AvgIpc) is 3.29. The van der Waals surface area contributed by atoms with Gasteiger partial charge in [0, 0.05) is 4.70 Å². The minimum absolute atomic E-state index is 0.0679. The maximum Gasteiger partial charge on any atom is 0.355 e. The zero-order chi connectivity index (χ0) is 27.2. The molecule has 0 spiro atoms. The molecule has 0 fully saturated rings. The van der Waals surface area contributed by atoms with Crippen LogP contribution >= 0.6 is 18.9 Å². The van der Waals surface area contributed by atoms with E-state index in [0.717, 1.165) is 4.70 Å². The number of para-hydroxylation sites is 1. The number of benzene rings is 2. The second-order valence-electron chi connectivity index (χ2n) is 9.65. The number of carbonyl (C=O) groups excluding carboxylic acids is 2. The summed E-state index contributed by atoms with van der Waals surface area (Å²) in [5.74, 6) is -3.12. The Hall–Kier alpha value is -3.00. The summed E-state index contributed by atoms with van der Waals surface area (Å²) in [5, 5.41) is 3.16. The Bertz CT molecular complexity index is 1300. The third kappa shape index (κ3) is 7.74.